The fraction of sp³-hybridized carbons (Fsp3) is 0.200. The zero-order valence-electron chi connectivity index (χ0n) is 4.52. The number of rotatable bonds is 1. The summed E-state index contributed by atoms with van der Waals surface area (Å²) in [5.74, 6) is -0.475. The summed E-state index contributed by atoms with van der Waals surface area (Å²) in [6, 6.07) is 0. The molecule has 0 bridgehead atoms. The molecule has 48 valence electrons. The normalized spacial score (nSPS) is 25.2. The van der Waals surface area contributed by atoms with Crippen molar-refractivity contribution in [3.05, 3.63) is 12.2 Å². The maximum atomic E-state index is 10.5. The topological polar surface area (TPSA) is 57.6 Å². The van der Waals surface area contributed by atoms with Gasteiger partial charge in [0.25, 0.3) is 5.91 Å². The fourth-order valence-corrected chi connectivity index (χ4v) is 0.592. The Kier molecular flexibility index (Phi) is 1.32. The van der Waals surface area contributed by atoms with Crippen molar-refractivity contribution < 1.29 is 14.7 Å². The minimum Gasteiger partial charge on any atom is -0.369 e. The summed E-state index contributed by atoms with van der Waals surface area (Å²) in [6.45, 7) is 0. The summed E-state index contributed by atoms with van der Waals surface area (Å²) in [5.41, 5.74) is 0. The molecule has 1 atom stereocenters. The first-order chi connectivity index (χ1) is 4.25. The van der Waals surface area contributed by atoms with Gasteiger partial charge in [-0.3, -0.25) is 14.5 Å². The SMILES string of the molecule is O=CN1C(=O)C=CC1O. The van der Waals surface area contributed by atoms with Crippen molar-refractivity contribution in [1.29, 1.82) is 0 Å². The summed E-state index contributed by atoms with van der Waals surface area (Å²) in [5, 5.41) is 8.75. The van der Waals surface area contributed by atoms with Gasteiger partial charge in [0.1, 0.15) is 0 Å². The minimum atomic E-state index is -1.06. The van der Waals surface area contributed by atoms with E-state index in [1.54, 1.807) is 0 Å². The van der Waals surface area contributed by atoms with Crippen molar-refractivity contribution in [2.45, 2.75) is 6.23 Å². The zero-order valence-corrected chi connectivity index (χ0v) is 4.52. The molecule has 1 N–H and O–H groups in total. The second kappa shape index (κ2) is 1.99. The monoisotopic (exact) mass is 127 g/mol. The lowest BCUT2D eigenvalue weighted by molar-refractivity contribution is -0.140. The quantitative estimate of drug-likeness (QED) is 0.453. The molecule has 0 aromatic heterocycles. The number of carbonyl (C=O) groups is 2. The molecule has 1 rings (SSSR count). The number of aliphatic hydroxyl groups is 1. The van der Waals surface area contributed by atoms with Gasteiger partial charge in [-0.2, -0.15) is 0 Å². The van der Waals surface area contributed by atoms with E-state index in [0.29, 0.717) is 11.3 Å². The average Bonchev–Trinajstić information content (AvgIpc) is 2.12. The van der Waals surface area contributed by atoms with Crippen LogP contribution in [0.15, 0.2) is 12.2 Å². The molecule has 0 radical (unpaired) electrons. The van der Waals surface area contributed by atoms with Crippen LogP contribution in [0.1, 0.15) is 0 Å². The molecule has 0 saturated carbocycles. The van der Waals surface area contributed by atoms with Gasteiger partial charge >= 0.3 is 0 Å². The van der Waals surface area contributed by atoms with E-state index >= 15 is 0 Å². The molecule has 1 aliphatic rings. The first-order valence-electron chi connectivity index (χ1n) is 2.39. The predicted molar refractivity (Wildman–Crippen MR) is 28.1 cm³/mol. The molecule has 0 saturated heterocycles. The Labute approximate surface area is 51.4 Å². The van der Waals surface area contributed by atoms with Gasteiger partial charge in [0.05, 0.1) is 0 Å². The van der Waals surface area contributed by atoms with Gasteiger partial charge in [0.15, 0.2) is 6.23 Å². The molecule has 1 unspecified atom stereocenters. The van der Waals surface area contributed by atoms with E-state index in [2.05, 4.69) is 0 Å². The highest BCUT2D eigenvalue weighted by Crippen LogP contribution is 2.03. The van der Waals surface area contributed by atoms with Crippen LogP contribution in [-0.4, -0.2) is 28.6 Å². The van der Waals surface area contributed by atoms with E-state index in [1.807, 2.05) is 0 Å². The van der Waals surface area contributed by atoms with Crippen molar-refractivity contribution in [3.8, 4) is 0 Å². The molecule has 0 spiro atoms. The first-order valence-corrected chi connectivity index (χ1v) is 2.39. The lowest BCUT2D eigenvalue weighted by Gasteiger charge is -2.09. The van der Waals surface area contributed by atoms with Crippen LogP contribution < -0.4 is 0 Å². The lowest BCUT2D eigenvalue weighted by Crippen LogP contribution is -2.31. The van der Waals surface area contributed by atoms with Crippen molar-refractivity contribution in [3.63, 3.8) is 0 Å². The molecule has 0 aromatic carbocycles. The van der Waals surface area contributed by atoms with Gasteiger partial charge in [-0.15, -0.1) is 0 Å². The smallest absolute Gasteiger partial charge is 0.255 e. The standard InChI is InChI=1S/C5H5NO3/c7-3-6-4(8)1-2-5(6)9/h1-4,8H. The summed E-state index contributed by atoms with van der Waals surface area (Å²) in [7, 11) is 0. The van der Waals surface area contributed by atoms with Crippen LogP contribution in [0.4, 0.5) is 0 Å². The number of aliphatic hydroxyl groups excluding tert-OH is 1. The van der Waals surface area contributed by atoms with Gasteiger partial charge in [-0.1, -0.05) is 0 Å². The second-order valence-electron chi connectivity index (χ2n) is 1.62. The Morgan fingerprint density at radius 3 is 2.67 bits per heavy atom. The Bertz CT molecular complexity index is 175. The van der Waals surface area contributed by atoms with E-state index in [-0.39, 0.29) is 0 Å². The highest BCUT2D eigenvalue weighted by molar-refractivity contribution is 5.97. The fourth-order valence-electron chi connectivity index (χ4n) is 0.592. The van der Waals surface area contributed by atoms with Crippen molar-refractivity contribution >= 4 is 12.3 Å². The van der Waals surface area contributed by atoms with Gasteiger partial charge in [-0.25, -0.2) is 0 Å². The third-order valence-corrected chi connectivity index (χ3v) is 1.06. The van der Waals surface area contributed by atoms with Crippen LogP contribution in [0.2, 0.25) is 0 Å². The summed E-state index contributed by atoms with van der Waals surface area (Å²) in [6.07, 6.45) is 1.64. The van der Waals surface area contributed by atoms with Gasteiger partial charge < -0.3 is 5.11 Å². The van der Waals surface area contributed by atoms with Crippen molar-refractivity contribution in [1.82, 2.24) is 4.90 Å². The number of hydrogen-bond donors (Lipinski definition) is 1. The van der Waals surface area contributed by atoms with E-state index in [1.165, 1.54) is 6.08 Å². The highest BCUT2D eigenvalue weighted by atomic mass is 16.3. The molecule has 4 nitrogen and oxygen atoms in total. The Hall–Kier alpha value is -1.16. The number of nitrogens with zero attached hydrogens (tertiary/aromatic N) is 1. The van der Waals surface area contributed by atoms with Crippen molar-refractivity contribution in [2.75, 3.05) is 0 Å². The molecule has 1 heterocycles. The Morgan fingerprint density at radius 1 is 1.78 bits per heavy atom. The average molecular weight is 127 g/mol. The van der Waals surface area contributed by atoms with Crippen molar-refractivity contribution in [2.24, 2.45) is 0 Å². The van der Waals surface area contributed by atoms with Gasteiger partial charge in [-0.05, 0) is 6.08 Å². The summed E-state index contributed by atoms with van der Waals surface area (Å²) in [4.78, 5) is 21.1. The molecule has 1 aliphatic heterocycles. The van der Waals surface area contributed by atoms with E-state index in [9.17, 15) is 9.59 Å². The Balaban J connectivity index is 2.74. The third kappa shape index (κ3) is 0.837. The third-order valence-electron chi connectivity index (χ3n) is 1.06. The molecule has 2 amide bonds. The minimum absolute atomic E-state index is 0.299. The van der Waals surface area contributed by atoms with Gasteiger partial charge in [0.2, 0.25) is 6.41 Å². The van der Waals surface area contributed by atoms with Crippen LogP contribution in [-0.2, 0) is 9.59 Å². The van der Waals surface area contributed by atoms with Crippen LogP contribution in [0, 0.1) is 0 Å². The van der Waals surface area contributed by atoms with Crippen LogP contribution >= 0.6 is 0 Å². The van der Waals surface area contributed by atoms with Gasteiger partial charge in [0, 0.05) is 6.08 Å². The molecule has 0 fully saturated rings. The molecule has 0 aromatic rings. The molecular weight excluding hydrogens is 122 g/mol. The summed E-state index contributed by atoms with van der Waals surface area (Å²) >= 11 is 0. The largest absolute Gasteiger partial charge is 0.369 e. The molecule has 0 aliphatic carbocycles. The maximum absolute atomic E-state index is 10.5. The molecular formula is C5H5NO3. The number of carbonyl (C=O) groups excluding carboxylic acids is 2. The maximum Gasteiger partial charge on any atom is 0.255 e. The number of amides is 2. The van der Waals surface area contributed by atoms with E-state index in [0.717, 1.165) is 6.08 Å². The lowest BCUT2D eigenvalue weighted by atomic mass is 10.5. The predicted octanol–water partition coefficient (Wildman–Crippen LogP) is -1.14. The number of imide groups is 1. The Morgan fingerprint density at radius 2 is 2.44 bits per heavy atom. The van der Waals surface area contributed by atoms with Crippen LogP contribution in [0.25, 0.3) is 0 Å². The van der Waals surface area contributed by atoms with Crippen LogP contribution in [0.3, 0.4) is 0 Å². The zero-order chi connectivity index (χ0) is 6.85. The first kappa shape index (κ1) is 5.97. The van der Waals surface area contributed by atoms with E-state index < -0.39 is 12.1 Å². The molecule has 9 heavy (non-hydrogen) atoms. The summed E-state index contributed by atoms with van der Waals surface area (Å²) < 4.78 is 0. The number of hydrogen-bond acceptors (Lipinski definition) is 3. The molecule has 4 heteroatoms. The van der Waals surface area contributed by atoms with Crippen LogP contribution in [0.5, 0.6) is 0 Å². The second-order valence-corrected chi connectivity index (χ2v) is 1.62. The van der Waals surface area contributed by atoms with E-state index in [4.69, 9.17) is 5.11 Å². The highest BCUT2D eigenvalue weighted by Gasteiger charge is 2.21.